The third kappa shape index (κ3) is 4.14. The van der Waals surface area contributed by atoms with Crippen LogP contribution in [0.1, 0.15) is 30.6 Å². The van der Waals surface area contributed by atoms with Crippen LogP contribution in [0.4, 0.5) is 10.5 Å². The number of nitrogens with one attached hydrogen (secondary N) is 2. The molecule has 0 aliphatic carbocycles. The summed E-state index contributed by atoms with van der Waals surface area (Å²) in [4.78, 5) is 49.9. The van der Waals surface area contributed by atoms with E-state index in [9.17, 15) is 19.2 Å². The first kappa shape index (κ1) is 18.4. The van der Waals surface area contributed by atoms with E-state index in [-0.39, 0.29) is 24.3 Å². The molecule has 1 aliphatic heterocycles. The number of hydrogen-bond acceptors (Lipinski definition) is 4. The summed E-state index contributed by atoms with van der Waals surface area (Å²) < 4.78 is 0. The van der Waals surface area contributed by atoms with Crippen LogP contribution in [0.2, 0.25) is 0 Å². The van der Waals surface area contributed by atoms with Crippen molar-refractivity contribution in [3.05, 3.63) is 29.8 Å². The highest BCUT2D eigenvalue weighted by Gasteiger charge is 2.41. The zero-order chi connectivity index (χ0) is 18.7. The fraction of sp³-hybridized carbons (Fsp3) is 0.412. The standard InChI is InChI=1S/C17H22N4O4/c1-10(2)18-15(23)11-5-7-12(8-6-11)19-14(22)9-13-16(24)21(4)17(25)20(13)3/h5-8,10,13H,9H2,1-4H3,(H,18,23)(H,19,22). The van der Waals surface area contributed by atoms with Crippen molar-refractivity contribution < 1.29 is 19.2 Å². The fourth-order valence-electron chi connectivity index (χ4n) is 2.52. The van der Waals surface area contributed by atoms with Gasteiger partial charge in [0.1, 0.15) is 6.04 Å². The maximum Gasteiger partial charge on any atom is 0.326 e. The molecule has 1 saturated heterocycles. The molecule has 2 N–H and O–H groups in total. The predicted molar refractivity (Wildman–Crippen MR) is 92.0 cm³/mol. The number of carbonyl (C=O) groups is 4. The van der Waals surface area contributed by atoms with Gasteiger partial charge in [0.25, 0.3) is 11.8 Å². The fourth-order valence-corrected chi connectivity index (χ4v) is 2.52. The summed E-state index contributed by atoms with van der Waals surface area (Å²) in [7, 11) is 2.88. The Bertz CT molecular complexity index is 699. The monoisotopic (exact) mass is 346 g/mol. The minimum Gasteiger partial charge on any atom is -0.350 e. The first-order chi connectivity index (χ1) is 11.7. The number of amides is 5. The number of hydrogen-bond donors (Lipinski definition) is 2. The summed E-state index contributed by atoms with van der Waals surface area (Å²) in [6, 6.07) is 5.26. The lowest BCUT2D eigenvalue weighted by Gasteiger charge is -2.15. The Morgan fingerprint density at radius 2 is 1.72 bits per heavy atom. The zero-order valence-corrected chi connectivity index (χ0v) is 14.7. The van der Waals surface area contributed by atoms with Gasteiger partial charge in [-0.15, -0.1) is 0 Å². The number of nitrogens with zero attached hydrogens (tertiary/aromatic N) is 2. The van der Waals surface area contributed by atoms with Gasteiger partial charge in [-0.2, -0.15) is 0 Å². The number of carbonyl (C=O) groups excluding carboxylic acids is 4. The van der Waals surface area contributed by atoms with E-state index in [2.05, 4.69) is 10.6 Å². The van der Waals surface area contributed by atoms with E-state index in [1.807, 2.05) is 13.8 Å². The van der Waals surface area contributed by atoms with Crippen LogP contribution in [0.3, 0.4) is 0 Å². The molecule has 134 valence electrons. The highest BCUT2D eigenvalue weighted by molar-refractivity contribution is 6.06. The highest BCUT2D eigenvalue weighted by atomic mass is 16.2. The Labute approximate surface area is 146 Å². The van der Waals surface area contributed by atoms with Gasteiger partial charge in [0.05, 0.1) is 6.42 Å². The first-order valence-electron chi connectivity index (χ1n) is 7.96. The molecule has 0 radical (unpaired) electrons. The normalized spacial score (nSPS) is 17.2. The molecule has 8 nitrogen and oxygen atoms in total. The second-order valence-electron chi connectivity index (χ2n) is 6.26. The molecule has 5 amide bonds. The number of imide groups is 1. The molecule has 1 aliphatic rings. The average molecular weight is 346 g/mol. The lowest BCUT2D eigenvalue weighted by Crippen LogP contribution is -2.35. The van der Waals surface area contributed by atoms with Gasteiger partial charge in [0.15, 0.2) is 0 Å². The number of urea groups is 1. The summed E-state index contributed by atoms with van der Waals surface area (Å²) in [6.45, 7) is 3.74. The molecular formula is C17H22N4O4. The molecule has 1 aromatic carbocycles. The van der Waals surface area contributed by atoms with Crippen LogP contribution in [0.5, 0.6) is 0 Å². The summed E-state index contributed by atoms with van der Waals surface area (Å²) in [6.07, 6.45) is -0.124. The minimum absolute atomic E-state index is 0.0358. The molecule has 0 aromatic heterocycles. The van der Waals surface area contributed by atoms with Gasteiger partial charge in [-0.1, -0.05) is 0 Å². The second kappa shape index (κ2) is 7.33. The molecule has 1 heterocycles. The van der Waals surface area contributed by atoms with E-state index >= 15 is 0 Å². The lowest BCUT2D eigenvalue weighted by atomic mass is 10.1. The van der Waals surface area contributed by atoms with E-state index < -0.39 is 18.0 Å². The molecule has 1 fully saturated rings. The van der Waals surface area contributed by atoms with Crippen LogP contribution >= 0.6 is 0 Å². The number of anilines is 1. The summed E-state index contributed by atoms with van der Waals surface area (Å²) >= 11 is 0. The number of rotatable bonds is 5. The summed E-state index contributed by atoms with van der Waals surface area (Å²) in [5, 5.41) is 5.45. The Morgan fingerprint density at radius 3 is 2.20 bits per heavy atom. The van der Waals surface area contributed by atoms with Crippen molar-refractivity contribution >= 4 is 29.4 Å². The summed E-state index contributed by atoms with van der Waals surface area (Å²) in [5.41, 5.74) is 1.00. The van der Waals surface area contributed by atoms with Crippen LogP contribution in [-0.4, -0.2) is 59.7 Å². The minimum atomic E-state index is -0.798. The second-order valence-corrected chi connectivity index (χ2v) is 6.26. The highest BCUT2D eigenvalue weighted by Crippen LogP contribution is 2.18. The Balaban J connectivity index is 1.96. The smallest absolute Gasteiger partial charge is 0.326 e. The molecule has 25 heavy (non-hydrogen) atoms. The van der Waals surface area contributed by atoms with Crippen LogP contribution < -0.4 is 10.6 Å². The largest absolute Gasteiger partial charge is 0.350 e. The molecule has 0 spiro atoms. The van der Waals surface area contributed by atoms with Crippen LogP contribution in [0.25, 0.3) is 0 Å². The van der Waals surface area contributed by atoms with Crippen molar-refractivity contribution in [2.45, 2.75) is 32.4 Å². The van der Waals surface area contributed by atoms with Crippen LogP contribution in [0, 0.1) is 0 Å². The molecule has 1 atom stereocenters. The Hall–Kier alpha value is -2.90. The van der Waals surface area contributed by atoms with E-state index in [4.69, 9.17) is 0 Å². The van der Waals surface area contributed by atoms with Crippen LogP contribution in [0.15, 0.2) is 24.3 Å². The van der Waals surface area contributed by atoms with E-state index in [0.29, 0.717) is 11.3 Å². The number of likely N-dealkylation sites (N-methyl/N-ethyl adjacent to an activating group) is 2. The number of benzene rings is 1. The first-order valence-corrected chi connectivity index (χ1v) is 7.96. The molecular weight excluding hydrogens is 324 g/mol. The zero-order valence-electron chi connectivity index (χ0n) is 14.7. The molecule has 8 heteroatoms. The summed E-state index contributed by atoms with van der Waals surface area (Å²) in [5.74, 6) is -0.969. The van der Waals surface area contributed by atoms with Gasteiger partial charge >= 0.3 is 6.03 Å². The van der Waals surface area contributed by atoms with Gasteiger partial charge in [-0.3, -0.25) is 19.3 Å². The van der Waals surface area contributed by atoms with E-state index in [1.54, 1.807) is 24.3 Å². The van der Waals surface area contributed by atoms with Gasteiger partial charge in [0, 0.05) is 31.4 Å². The third-order valence-electron chi connectivity index (χ3n) is 3.90. The van der Waals surface area contributed by atoms with Gasteiger partial charge in [0.2, 0.25) is 5.91 Å². The maximum atomic E-state index is 12.1. The maximum absolute atomic E-state index is 12.1. The predicted octanol–water partition coefficient (Wildman–Crippen LogP) is 1.05. The van der Waals surface area contributed by atoms with E-state index in [0.717, 1.165) is 4.90 Å². The van der Waals surface area contributed by atoms with Crippen molar-refractivity contribution in [3.8, 4) is 0 Å². The quantitative estimate of drug-likeness (QED) is 0.779. The van der Waals surface area contributed by atoms with Crippen molar-refractivity contribution in [1.29, 1.82) is 0 Å². The Kier molecular flexibility index (Phi) is 5.41. The van der Waals surface area contributed by atoms with E-state index in [1.165, 1.54) is 19.0 Å². The topological polar surface area (TPSA) is 98.8 Å². The van der Waals surface area contributed by atoms with Crippen molar-refractivity contribution in [2.75, 3.05) is 19.4 Å². The molecule has 0 bridgehead atoms. The van der Waals surface area contributed by atoms with Gasteiger partial charge in [-0.25, -0.2) is 4.79 Å². The van der Waals surface area contributed by atoms with Crippen molar-refractivity contribution in [1.82, 2.24) is 15.1 Å². The Morgan fingerprint density at radius 1 is 1.12 bits per heavy atom. The molecule has 0 saturated carbocycles. The third-order valence-corrected chi connectivity index (χ3v) is 3.90. The SMILES string of the molecule is CC(C)NC(=O)c1ccc(NC(=O)CC2C(=O)N(C)C(=O)N2C)cc1. The lowest BCUT2D eigenvalue weighted by molar-refractivity contribution is -0.129. The molecule has 1 aromatic rings. The van der Waals surface area contributed by atoms with Gasteiger partial charge in [-0.05, 0) is 38.1 Å². The molecule has 2 rings (SSSR count). The molecule has 1 unspecified atom stereocenters. The average Bonchev–Trinajstić information content (AvgIpc) is 2.73. The van der Waals surface area contributed by atoms with Crippen LogP contribution in [-0.2, 0) is 9.59 Å². The van der Waals surface area contributed by atoms with Crippen molar-refractivity contribution in [2.24, 2.45) is 0 Å². The van der Waals surface area contributed by atoms with Crippen molar-refractivity contribution in [3.63, 3.8) is 0 Å². The van der Waals surface area contributed by atoms with Gasteiger partial charge < -0.3 is 15.5 Å².